The van der Waals surface area contributed by atoms with E-state index in [2.05, 4.69) is 170 Å². The van der Waals surface area contributed by atoms with E-state index in [9.17, 15) is 0 Å². The highest BCUT2D eigenvalue weighted by Gasteiger charge is 2.18. The van der Waals surface area contributed by atoms with E-state index < -0.39 is 0 Å². The van der Waals surface area contributed by atoms with Crippen LogP contribution in [0.1, 0.15) is 11.1 Å². The molecule has 0 bridgehead atoms. The minimum absolute atomic E-state index is 1.06. The molecule has 0 N–H and O–H groups in total. The van der Waals surface area contributed by atoms with Crippen LogP contribution >= 0.6 is 0 Å². The molecule has 48 heavy (non-hydrogen) atoms. The third-order valence-corrected chi connectivity index (χ3v) is 10.6. The third kappa shape index (κ3) is 3.45. The molecule has 0 amide bonds. The van der Waals surface area contributed by atoms with E-state index in [1.54, 1.807) is 0 Å². The van der Waals surface area contributed by atoms with Gasteiger partial charge in [-0.15, -0.1) is 0 Å². The Balaban J connectivity index is 1.20. The molecule has 0 aliphatic rings. The molecule has 0 aliphatic carbocycles. The highest BCUT2D eigenvalue weighted by atomic mass is 14.2. The van der Waals surface area contributed by atoms with Crippen LogP contribution < -0.4 is 0 Å². The lowest BCUT2D eigenvalue weighted by Gasteiger charge is -2.18. The predicted molar refractivity (Wildman–Crippen MR) is 207 cm³/mol. The van der Waals surface area contributed by atoms with Crippen LogP contribution in [0.3, 0.4) is 0 Å². The molecule has 0 saturated heterocycles. The summed E-state index contributed by atoms with van der Waals surface area (Å²) >= 11 is 0. The summed E-state index contributed by atoms with van der Waals surface area (Å²) in [6, 6.07) is 58.0. The molecule has 0 spiro atoms. The van der Waals surface area contributed by atoms with Crippen molar-refractivity contribution in [3.05, 3.63) is 169 Å². The van der Waals surface area contributed by atoms with Crippen molar-refractivity contribution < 1.29 is 0 Å². The van der Waals surface area contributed by atoms with Crippen molar-refractivity contribution in [1.29, 1.82) is 0 Å². The fourth-order valence-electron chi connectivity index (χ4n) is 8.48. The molecule has 11 aromatic carbocycles. The van der Waals surface area contributed by atoms with E-state index in [0.29, 0.717) is 0 Å². The summed E-state index contributed by atoms with van der Waals surface area (Å²) in [5.41, 5.74) is 4.67. The zero-order valence-electron chi connectivity index (χ0n) is 26.0. The summed E-state index contributed by atoms with van der Waals surface area (Å²) in [5.74, 6) is 7.40. The Labute approximate surface area is 277 Å². The molecule has 0 unspecified atom stereocenters. The summed E-state index contributed by atoms with van der Waals surface area (Å²) in [6.45, 7) is 0. The van der Waals surface area contributed by atoms with Crippen LogP contribution in [0.15, 0.2) is 158 Å². The number of hydrogen-bond acceptors (Lipinski definition) is 0. The van der Waals surface area contributed by atoms with Gasteiger partial charge in [0, 0.05) is 11.1 Å². The topological polar surface area (TPSA) is 0 Å². The van der Waals surface area contributed by atoms with Crippen molar-refractivity contribution in [2.45, 2.75) is 0 Å². The number of hydrogen-bond donors (Lipinski definition) is 0. The Bertz CT molecular complexity index is 3080. The van der Waals surface area contributed by atoms with Gasteiger partial charge in [0.25, 0.3) is 0 Å². The van der Waals surface area contributed by atoms with Gasteiger partial charge in [0.05, 0.1) is 0 Å². The normalized spacial score (nSPS) is 12.0. The summed E-state index contributed by atoms with van der Waals surface area (Å²) in [5, 5.41) is 20.3. The first-order valence-corrected chi connectivity index (χ1v) is 16.6. The van der Waals surface area contributed by atoms with Crippen molar-refractivity contribution >= 4 is 86.2 Å². The first kappa shape index (κ1) is 25.7. The molecule has 0 radical (unpaired) electrons. The average molecular weight is 603 g/mol. The van der Waals surface area contributed by atoms with Gasteiger partial charge < -0.3 is 0 Å². The van der Waals surface area contributed by atoms with Gasteiger partial charge in [-0.2, -0.15) is 0 Å². The maximum Gasteiger partial charge on any atom is 0.0406 e. The lowest BCUT2D eigenvalue weighted by molar-refractivity contribution is 1.70. The van der Waals surface area contributed by atoms with Gasteiger partial charge in [-0.3, -0.25) is 0 Å². The van der Waals surface area contributed by atoms with E-state index in [1.807, 2.05) is 0 Å². The third-order valence-electron chi connectivity index (χ3n) is 10.6. The van der Waals surface area contributed by atoms with Crippen LogP contribution in [0.2, 0.25) is 0 Å². The van der Waals surface area contributed by atoms with Crippen molar-refractivity contribution in [1.82, 2.24) is 0 Å². The van der Waals surface area contributed by atoms with Gasteiger partial charge >= 0.3 is 0 Å². The Morgan fingerprint density at radius 1 is 0.271 bits per heavy atom. The summed E-state index contributed by atoms with van der Waals surface area (Å²) < 4.78 is 0. The van der Waals surface area contributed by atoms with Crippen molar-refractivity contribution in [2.24, 2.45) is 0 Å². The van der Waals surface area contributed by atoms with Gasteiger partial charge in [0.1, 0.15) is 0 Å². The van der Waals surface area contributed by atoms with E-state index in [0.717, 1.165) is 11.1 Å². The van der Waals surface area contributed by atoms with Crippen molar-refractivity contribution in [2.75, 3.05) is 0 Å². The van der Waals surface area contributed by atoms with Crippen LogP contribution in [0, 0.1) is 11.8 Å². The van der Waals surface area contributed by atoms with Crippen molar-refractivity contribution in [3.63, 3.8) is 0 Å². The molecule has 0 atom stereocenters. The van der Waals surface area contributed by atoms with Crippen LogP contribution in [-0.4, -0.2) is 0 Å². The van der Waals surface area contributed by atoms with Crippen LogP contribution in [0.5, 0.6) is 0 Å². The van der Waals surface area contributed by atoms with E-state index in [1.165, 1.54) is 97.3 Å². The van der Waals surface area contributed by atoms with Gasteiger partial charge in [0.2, 0.25) is 0 Å². The highest BCUT2D eigenvalue weighted by Crippen LogP contribution is 2.45. The Hall–Kier alpha value is -6.42. The molecule has 0 heteroatoms. The lowest BCUT2D eigenvalue weighted by atomic mass is 9.84. The molecule has 0 nitrogen and oxygen atoms in total. The van der Waals surface area contributed by atoms with E-state index >= 15 is 0 Å². The van der Waals surface area contributed by atoms with Crippen LogP contribution in [0.25, 0.3) is 97.3 Å². The van der Waals surface area contributed by atoms with Crippen molar-refractivity contribution in [3.8, 4) is 23.0 Å². The molecule has 11 rings (SSSR count). The molecule has 218 valence electrons. The van der Waals surface area contributed by atoms with Gasteiger partial charge in [-0.25, -0.2) is 0 Å². The van der Waals surface area contributed by atoms with E-state index in [-0.39, 0.29) is 0 Å². The minimum Gasteiger partial charge on any atom is -0.0616 e. The van der Waals surface area contributed by atoms with E-state index in [4.69, 9.17) is 0 Å². The number of fused-ring (bicyclic) bond motifs is 2. The predicted octanol–water partition coefficient (Wildman–Crippen LogP) is 12.9. The molecule has 11 aromatic rings. The maximum atomic E-state index is 3.73. The average Bonchev–Trinajstić information content (AvgIpc) is 3.15. The largest absolute Gasteiger partial charge is 0.0616 e. The molecular weight excluding hydrogens is 577 g/mol. The first-order chi connectivity index (χ1) is 23.8. The molecular formula is C48H26. The van der Waals surface area contributed by atoms with Gasteiger partial charge in [-0.05, 0) is 103 Å². The zero-order valence-corrected chi connectivity index (χ0v) is 26.0. The second-order valence-electron chi connectivity index (χ2n) is 13.0. The molecule has 0 aliphatic heterocycles. The summed E-state index contributed by atoms with van der Waals surface area (Å²) in [7, 11) is 0. The lowest BCUT2D eigenvalue weighted by Crippen LogP contribution is -1.93. The molecule has 0 aromatic heterocycles. The Morgan fingerprint density at radius 3 is 1.29 bits per heavy atom. The quantitative estimate of drug-likeness (QED) is 0.0996. The smallest absolute Gasteiger partial charge is 0.0406 e. The standard InChI is InChI=1S/C48H26/c1-3-13-40-37(11-1)39(26-21-29-15-16-34-19-17-30-7-5-9-32-22-25-36(29)46(34)44(30)32)38-12-2-4-14-41(38)48(40)43-28-24-35-20-18-31-8-6-10-33-23-27-42(43)47(35)45(31)33/h1-20,22-25,27-28H. The number of benzene rings is 11. The fraction of sp³-hybridized carbons (Fsp3) is 0. The molecule has 0 saturated carbocycles. The second kappa shape index (κ2) is 9.55. The summed E-state index contributed by atoms with van der Waals surface area (Å²) in [6.07, 6.45) is 0. The van der Waals surface area contributed by atoms with Gasteiger partial charge in [-0.1, -0.05) is 164 Å². The first-order valence-electron chi connectivity index (χ1n) is 16.6. The van der Waals surface area contributed by atoms with Crippen LogP contribution in [-0.2, 0) is 0 Å². The molecule has 0 heterocycles. The number of rotatable bonds is 1. The molecule has 0 fully saturated rings. The highest BCUT2D eigenvalue weighted by molar-refractivity contribution is 6.28. The fourth-order valence-corrected chi connectivity index (χ4v) is 8.48. The summed E-state index contributed by atoms with van der Waals surface area (Å²) in [4.78, 5) is 0. The maximum absolute atomic E-state index is 3.73. The Morgan fingerprint density at radius 2 is 0.708 bits per heavy atom. The zero-order chi connectivity index (χ0) is 31.3. The monoisotopic (exact) mass is 602 g/mol. The minimum atomic E-state index is 1.06. The second-order valence-corrected chi connectivity index (χ2v) is 13.0. The SMILES string of the molecule is C(#Cc1ccc2ccc3cccc4ccc1c2c34)c1c2ccccc2c(-c2ccc3ccc4cccc5ccc2c3c45)c2ccccc12. The Kier molecular flexibility index (Phi) is 5.12. The van der Waals surface area contributed by atoms with Gasteiger partial charge in [0.15, 0.2) is 0 Å². The van der Waals surface area contributed by atoms with Crippen LogP contribution in [0.4, 0.5) is 0 Å².